The van der Waals surface area contributed by atoms with Gasteiger partial charge in [-0.15, -0.1) is 0 Å². The van der Waals surface area contributed by atoms with Gasteiger partial charge in [0.25, 0.3) is 0 Å². The molecule has 0 radical (unpaired) electrons. The van der Waals surface area contributed by atoms with Gasteiger partial charge >= 0.3 is 0 Å². The average molecular weight is 323 g/mol. The molecule has 24 heavy (non-hydrogen) atoms. The molecule has 1 heterocycles. The third kappa shape index (κ3) is 3.61. The Hall–Kier alpha value is -2.71. The standard InChI is InChI=1S/C19H21N3O2/c20-12-15-11-16(21-13-14-3-1-2-4-19(14)24)5-6-18(15)22-9-7-17(23)8-10-22/h1-6,11,17,21,23-24H,7-10,13H2. The maximum absolute atomic E-state index is 9.81. The van der Waals surface area contributed by atoms with E-state index < -0.39 is 0 Å². The molecule has 5 nitrogen and oxygen atoms in total. The summed E-state index contributed by atoms with van der Waals surface area (Å²) < 4.78 is 0. The molecule has 1 fully saturated rings. The first kappa shape index (κ1) is 16.2. The van der Waals surface area contributed by atoms with Crippen molar-refractivity contribution in [1.82, 2.24) is 0 Å². The van der Waals surface area contributed by atoms with Crippen LogP contribution in [0.15, 0.2) is 42.5 Å². The van der Waals surface area contributed by atoms with Crippen molar-refractivity contribution in [3.63, 3.8) is 0 Å². The highest BCUT2D eigenvalue weighted by Gasteiger charge is 2.19. The van der Waals surface area contributed by atoms with Gasteiger partial charge in [-0.1, -0.05) is 18.2 Å². The molecule has 0 amide bonds. The maximum atomic E-state index is 9.81. The monoisotopic (exact) mass is 323 g/mol. The van der Waals surface area contributed by atoms with Gasteiger partial charge in [-0.2, -0.15) is 5.26 Å². The van der Waals surface area contributed by atoms with Crippen molar-refractivity contribution in [1.29, 1.82) is 5.26 Å². The summed E-state index contributed by atoms with van der Waals surface area (Å²) in [5.74, 6) is 0.258. The van der Waals surface area contributed by atoms with Crippen LogP contribution < -0.4 is 10.2 Å². The molecule has 3 N–H and O–H groups in total. The lowest BCUT2D eigenvalue weighted by atomic mass is 10.0. The van der Waals surface area contributed by atoms with Crippen LogP contribution >= 0.6 is 0 Å². The molecule has 0 unspecified atom stereocenters. The first-order valence-corrected chi connectivity index (χ1v) is 8.15. The Balaban J connectivity index is 1.72. The summed E-state index contributed by atoms with van der Waals surface area (Å²) in [6, 6.07) is 15.2. The van der Waals surface area contributed by atoms with E-state index in [9.17, 15) is 15.5 Å². The molecule has 0 aliphatic carbocycles. The van der Waals surface area contributed by atoms with Gasteiger partial charge in [-0.25, -0.2) is 0 Å². The summed E-state index contributed by atoms with van der Waals surface area (Å²) in [5.41, 5.74) is 3.19. The fourth-order valence-electron chi connectivity index (χ4n) is 2.98. The van der Waals surface area contributed by atoms with Crippen LogP contribution in [0.5, 0.6) is 5.75 Å². The van der Waals surface area contributed by atoms with Gasteiger partial charge in [0, 0.05) is 30.9 Å². The number of phenols is 1. The number of aromatic hydroxyl groups is 1. The van der Waals surface area contributed by atoms with Crippen molar-refractivity contribution < 1.29 is 10.2 Å². The van der Waals surface area contributed by atoms with E-state index in [1.165, 1.54) is 0 Å². The molecular weight excluding hydrogens is 302 g/mol. The van der Waals surface area contributed by atoms with Crippen LogP contribution in [0, 0.1) is 11.3 Å². The Morgan fingerprint density at radius 3 is 2.62 bits per heavy atom. The molecule has 3 rings (SSSR count). The number of nitrogens with zero attached hydrogens (tertiary/aromatic N) is 2. The SMILES string of the molecule is N#Cc1cc(NCc2ccccc2O)ccc1N1CCC(O)CC1. The Morgan fingerprint density at radius 2 is 1.92 bits per heavy atom. The molecule has 2 aromatic rings. The number of aliphatic hydroxyl groups excluding tert-OH is 1. The Bertz CT molecular complexity index is 747. The van der Waals surface area contributed by atoms with Gasteiger partial charge in [0.05, 0.1) is 17.4 Å². The largest absolute Gasteiger partial charge is 0.508 e. The van der Waals surface area contributed by atoms with Crippen LogP contribution in [0.3, 0.4) is 0 Å². The van der Waals surface area contributed by atoms with E-state index in [0.717, 1.165) is 42.9 Å². The normalized spacial score (nSPS) is 15.1. The van der Waals surface area contributed by atoms with Crippen molar-refractivity contribution in [2.24, 2.45) is 0 Å². The van der Waals surface area contributed by atoms with E-state index in [2.05, 4.69) is 16.3 Å². The molecule has 1 aliphatic rings. The minimum atomic E-state index is -0.230. The van der Waals surface area contributed by atoms with Gasteiger partial charge in [-0.05, 0) is 37.1 Å². The summed E-state index contributed by atoms with van der Waals surface area (Å²) >= 11 is 0. The van der Waals surface area contributed by atoms with Crippen LogP contribution in [0.2, 0.25) is 0 Å². The molecule has 5 heteroatoms. The van der Waals surface area contributed by atoms with E-state index in [-0.39, 0.29) is 11.9 Å². The number of rotatable bonds is 4. The first-order valence-electron chi connectivity index (χ1n) is 8.15. The number of nitrogens with one attached hydrogen (secondary N) is 1. The van der Waals surface area contributed by atoms with E-state index in [1.807, 2.05) is 30.3 Å². The van der Waals surface area contributed by atoms with Crippen molar-refractivity contribution in [3.05, 3.63) is 53.6 Å². The van der Waals surface area contributed by atoms with Crippen molar-refractivity contribution in [2.75, 3.05) is 23.3 Å². The third-order valence-corrected chi connectivity index (χ3v) is 4.40. The van der Waals surface area contributed by atoms with Gasteiger partial charge in [0.1, 0.15) is 11.8 Å². The quantitative estimate of drug-likeness (QED) is 0.806. The van der Waals surface area contributed by atoms with Gasteiger partial charge in [0.15, 0.2) is 0 Å². The van der Waals surface area contributed by atoms with E-state index >= 15 is 0 Å². The highest BCUT2D eigenvalue weighted by Crippen LogP contribution is 2.27. The zero-order valence-electron chi connectivity index (χ0n) is 13.4. The number of nitriles is 1. The van der Waals surface area contributed by atoms with E-state index in [1.54, 1.807) is 12.1 Å². The van der Waals surface area contributed by atoms with Crippen molar-refractivity contribution in [3.8, 4) is 11.8 Å². The second-order valence-electron chi connectivity index (χ2n) is 6.04. The number of phenolic OH excluding ortho intramolecular Hbond substituents is 1. The predicted octanol–water partition coefficient (Wildman–Crippen LogP) is 2.84. The lowest BCUT2D eigenvalue weighted by Gasteiger charge is -2.32. The molecule has 0 bridgehead atoms. The van der Waals surface area contributed by atoms with Crippen LogP contribution in [0.25, 0.3) is 0 Å². The number of hydrogen-bond donors (Lipinski definition) is 3. The first-order chi connectivity index (χ1) is 11.7. The summed E-state index contributed by atoms with van der Waals surface area (Å²) in [4.78, 5) is 2.15. The smallest absolute Gasteiger partial charge is 0.120 e. The number of aliphatic hydroxyl groups is 1. The number of benzene rings is 2. The second-order valence-corrected chi connectivity index (χ2v) is 6.04. The van der Waals surface area contributed by atoms with Crippen molar-refractivity contribution in [2.45, 2.75) is 25.5 Å². The fourth-order valence-corrected chi connectivity index (χ4v) is 2.98. The molecule has 124 valence electrons. The molecular formula is C19H21N3O2. The lowest BCUT2D eigenvalue weighted by molar-refractivity contribution is 0.145. The molecule has 1 aliphatic heterocycles. The minimum absolute atomic E-state index is 0.230. The van der Waals surface area contributed by atoms with Crippen LogP contribution in [0.4, 0.5) is 11.4 Å². The molecule has 2 aromatic carbocycles. The minimum Gasteiger partial charge on any atom is -0.508 e. The number of hydrogen-bond acceptors (Lipinski definition) is 5. The van der Waals surface area contributed by atoms with Gasteiger partial charge < -0.3 is 20.4 Å². The highest BCUT2D eigenvalue weighted by atomic mass is 16.3. The van der Waals surface area contributed by atoms with Crippen LogP contribution in [0.1, 0.15) is 24.0 Å². The zero-order chi connectivity index (χ0) is 16.9. The van der Waals surface area contributed by atoms with Crippen LogP contribution in [-0.2, 0) is 6.54 Å². The number of piperidine rings is 1. The predicted molar refractivity (Wildman–Crippen MR) is 94.0 cm³/mol. The van der Waals surface area contributed by atoms with E-state index in [0.29, 0.717) is 12.1 Å². The molecule has 0 atom stereocenters. The van der Waals surface area contributed by atoms with Gasteiger partial charge in [0.2, 0.25) is 0 Å². The molecule has 0 saturated carbocycles. The summed E-state index contributed by atoms with van der Waals surface area (Å²) in [6.07, 6.45) is 1.24. The zero-order valence-corrected chi connectivity index (χ0v) is 13.4. The average Bonchev–Trinajstić information content (AvgIpc) is 2.61. The van der Waals surface area contributed by atoms with Crippen molar-refractivity contribution >= 4 is 11.4 Å². The third-order valence-electron chi connectivity index (χ3n) is 4.40. The number of para-hydroxylation sites is 1. The summed E-state index contributed by atoms with van der Waals surface area (Å²) in [7, 11) is 0. The Kier molecular flexibility index (Phi) is 4.88. The number of anilines is 2. The Labute approximate surface area is 141 Å². The Morgan fingerprint density at radius 1 is 1.17 bits per heavy atom. The molecule has 0 spiro atoms. The fraction of sp³-hybridized carbons (Fsp3) is 0.316. The summed E-state index contributed by atoms with van der Waals surface area (Å²) in [6.45, 7) is 2.02. The lowest BCUT2D eigenvalue weighted by Crippen LogP contribution is -2.36. The molecule has 1 saturated heterocycles. The van der Waals surface area contributed by atoms with E-state index in [4.69, 9.17) is 0 Å². The maximum Gasteiger partial charge on any atom is 0.120 e. The topological polar surface area (TPSA) is 79.5 Å². The second kappa shape index (κ2) is 7.24. The highest BCUT2D eigenvalue weighted by molar-refractivity contribution is 5.65. The summed E-state index contributed by atoms with van der Waals surface area (Å²) in [5, 5.41) is 32.1. The molecule has 0 aromatic heterocycles. The van der Waals surface area contributed by atoms with Crippen LogP contribution in [-0.4, -0.2) is 29.4 Å². The van der Waals surface area contributed by atoms with Gasteiger partial charge in [-0.3, -0.25) is 0 Å².